The molecule has 1 aliphatic heterocycles. The number of aromatic amines is 1. The molecule has 0 radical (unpaired) electrons. The average molecular weight is 489 g/mol. The summed E-state index contributed by atoms with van der Waals surface area (Å²) in [5.41, 5.74) is 1.88. The summed E-state index contributed by atoms with van der Waals surface area (Å²) in [6, 6.07) is 12.8. The predicted molar refractivity (Wildman–Crippen MR) is 127 cm³/mol. The number of rotatable bonds is 6. The highest BCUT2D eigenvalue weighted by Crippen LogP contribution is 2.28. The van der Waals surface area contributed by atoms with Gasteiger partial charge in [0.2, 0.25) is 0 Å². The highest BCUT2D eigenvalue weighted by molar-refractivity contribution is 7.99. The summed E-state index contributed by atoms with van der Waals surface area (Å²) >= 11 is 1.48. The van der Waals surface area contributed by atoms with E-state index in [0.29, 0.717) is 21.9 Å². The Kier molecular flexibility index (Phi) is 6.26. The molecule has 1 fully saturated rings. The van der Waals surface area contributed by atoms with Gasteiger partial charge in [-0.05, 0) is 56.3 Å². The Hall–Kier alpha value is -2.98. The van der Waals surface area contributed by atoms with Crippen molar-refractivity contribution in [2.24, 2.45) is 0 Å². The second-order valence-corrected chi connectivity index (χ2v) is 9.28. The van der Waals surface area contributed by atoms with Gasteiger partial charge in [-0.15, -0.1) is 13.2 Å². The summed E-state index contributed by atoms with van der Waals surface area (Å²) in [7, 11) is 0. The third kappa shape index (κ3) is 4.78. The molecule has 0 spiro atoms. The fraction of sp³-hybridized carbons (Fsp3) is 0.333. The summed E-state index contributed by atoms with van der Waals surface area (Å²) in [5, 5.41) is 1.36. The third-order valence-corrected chi connectivity index (χ3v) is 6.83. The van der Waals surface area contributed by atoms with Gasteiger partial charge in [-0.3, -0.25) is 9.36 Å². The molecule has 0 amide bonds. The Balaban J connectivity index is 1.54. The monoisotopic (exact) mass is 488 g/mol. The lowest BCUT2D eigenvalue weighted by atomic mass is 10.1. The largest absolute Gasteiger partial charge is 0.573 e. The Morgan fingerprint density at radius 3 is 2.50 bits per heavy atom. The molecular weight excluding hydrogens is 465 g/mol. The highest BCUT2D eigenvalue weighted by atomic mass is 32.2. The molecule has 178 valence electrons. The van der Waals surface area contributed by atoms with Crippen molar-refractivity contribution in [3.63, 3.8) is 0 Å². The van der Waals surface area contributed by atoms with E-state index in [1.54, 1.807) is 0 Å². The Morgan fingerprint density at radius 1 is 1.03 bits per heavy atom. The van der Waals surface area contributed by atoms with Crippen LogP contribution in [-0.4, -0.2) is 51.2 Å². The average Bonchev–Trinajstić information content (AvgIpc) is 3.19. The molecule has 4 aromatic rings. The van der Waals surface area contributed by atoms with Gasteiger partial charge in [0, 0.05) is 23.2 Å². The summed E-state index contributed by atoms with van der Waals surface area (Å²) in [5.74, 6) is 0.401. The van der Waals surface area contributed by atoms with E-state index in [-0.39, 0.29) is 11.3 Å². The van der Waals surface area contributed by atoms with Crippen molar-refractivity contribution in [2.45, 2.75) is 30.8 Å². The van der Waals surface area contributed by atoms with Crippen LogP contribution in [0, 0.1) is 0 Å². The van der Waals surface area contributed by atoms with Crippen molar-refractivity contribution < 1.29 is 17.9 Å². The molecule has 6 nitrogen and oxygen atoms in total. The number of ether oxygens (including phenoxy) is 1. The van der Waals surface area contributed by atoms with Crippen LogP contribution in [0.15, 0.2) is 58.5 Å². The highest BCUT2D eigenvalue weighted by Gasteiger charge is 2.31. The summed E-state index contributed by atoms with van der Waals surface area (Å²) in [6.07, 6.45) is -1.13. The maximum absolute atomic E-state index is 13.6. The molecule has 0 saturated carbocycles. The van der Waals surface area contributed by atoms with Crippen LogP contribution in [0.4, 0.5) is 13.2 Å². The van der Waals surface area contributed by atoms with Crippen LogP contribution in [0.2, 0.25) is 0 Å². The maximum Gasteiger partial charge on any atom is 0.573 e. The molecule has 0 aliphatic carbocycles. The van der Waals surface area contributed by atoms with Gasteiger partial charge in [0.1, 0.15) is 16.8 Å². The molecule has 34 heavy (non-hydrogen) atoms. The van der Waals surface area contributed by atoms with E-state index >= 15 is 0 Å². The van der Waals surface area contributed by atoms with Crippen molar-refractivity contribution in [3.05, 3.63) is 58.9 Å². The van der Waals surface area contributed by atoms with Gasteiger partial charge in [0.15, 0.2) is 5.16 Å². The summed E-state index contributed by atoms with van der Waals surface area (Å²) in [4.78, 5) is 23.9. The van der Waals surface area contributed by atoms with Crippen LogP contribution in [0.5, 0.6) is 5.75 Å². The van der Waals surface area contributed by atoms with Gasteiger partial charge in [0.05, 0.1) is 5.69 Å². The minimum absolute atomic E-state index is 0.300. The number of piperidine rings is 1. The van der Waals surface area contributed by atoms with Gasteiger partial charge >= 0.3 is 6.36 Å². The number of thioether (sulfide) groups is 1. The number of hydrogen-bond donors (Lipinski definition) is 1. The van der Waals surface area contributed by atoms with Crippen molar-refractivity contribution in [3.8, 4) is 11.4 Å². The molecule has 1 saturated heterocycles. The number of halogens is 3. The Labute approximate surface area is 197 Å². The van der Waals surface area contributed by atoms with Crippen LogP contribution in [0.3, 0.4) is 0 Å². The molecule has 0 atom stereocenters. The molecule has 2 aromatic carbocycles. The van der Waals surface area contributed by atoms with E-state index < -0.39 is 6.36 Å². The van der Waals surface area contributed by atoms with Crippen LogP contribution in [0.25, 0.3) is 27.6 Å². The zero-order chi connectivity index (χ0) is 23.7. The number of nitrogens with zero attached hydrogens (tertiary/aromatic N) is 3. The van der Waals surface area contributed by atoms with Crippen molar-refractivity contribution in [1.29, 1.82) is 0 Å². The van der Waals surface area contributed by atoms with Crippen LogP contribution >= 0.6 is 11.8 Å². The lowest BCUT2D eigenvalue weighted by Crippen LogP contribution is -2.31. The number of alkyl halides is 3. The van der Waals surface area contributed by atoms with E-state index in [0.717, 1.165) is 36.3 Å². The molecule has 10 heteroatoms. The van der Waals surface area contributed by atoms with Gasteiger partial charge in [-0.1, -0.05) is 36.4 Å². The molecule has 1 aliphatic rings. The van der Waals surface area contributed by atoms with Crippen LogP contribution < -0.4 is 10.3 Å². The number of hydrogen-bond acceptors (Lipinski definition) is 5. The third-order valence-electron chi connectivity index (χ3n) is 5.91. The topological polar surface area (TPSA) is 63.2 Å². The van der Waals surface area contributed by atoms with Crippen LogP contribution in [-0.2, 0) is 0 Å². The minimum atomic E-state index is -4.78. The second-order valence-electron chi connectivity index (χ2n) is 8.22. The number of fused-ring (bicyclic) bond motifs is 3. The molecule has 3 heterocycles. The number of nitrogens with one attached hydrogen (secondary N) is 1. The maximum atomic E-state index is 13.6. The standard InChI is InChI=1S/C24H23F3N4O2S/c25-24(26,27)33-17-10-8-16(9-11-17)31-22(32)21-20(18-6-2-3-7-19(18)28-21)29-23(31)34-15-14-30-12-4-1-5-13-30/h2-3,6-11,28H,1,4-5,12-15H2. The molecule has 5 rings (SSSR count). The van der Waals surface area contributed by atoms with Gasteiger partial charge in [-0.25, -0.2) is 4.98 Å². The lowest BCUT2D eigenvalue weighted by Gasteiger charge is -2.26. The number of aromatic nitrogens is 3. The molecule has 0 unspecified atom stereocenters. The number of likely N-dealkylation sites (tertiary alicyclic amines) is 1. The van der Waals surface area contributed by atoms with E-state index in [4.69, 9.17) is 4.98 Å². The van der Waals surface area contributed by atoms with Gasteiger partial charge < -0.3 is 14.6 Å². The van der Waals surface area contributed by atoms with E-state index in [9.17, 15) is 18.0 Å². The molecular formula is C24H23F3N4O2S. The molecule has 0 bridgehead atoms. The molecule has 2 aromatic heterocycles. The van der Waals surface area contributed by atoms with Crippen molar-refractivity contribution in [2.75, 3.05) is 25.4 Å². The first-order chi connectivity index (χ1) is 16.4. The first-order valence-corrected chi connectivity index (χ1v) is 12.1. The van der Waals surface area contributed by atoms with Crippen LogP contribution in [0.1, 0.15) is 19.3 Å². The SMILES string of the molecule is O=c1c2[nH]c3ccccc3c2nc(SCCN2CCCCC2)n1-c1ccc(OC(F)(F)F)cc1. The fourth-order valence-corrected chi connectivity index (χ4v) is 5.32. The van der Waals surface area contributed by atoms with E-state index in [1.807, 2.05) is 24.3 Å². The Morgan fingerprint density at radius 2 is 1.76 bits per heavy atom. The first-order valence-electron chi connectivity index (χ1n) is 11.1. The summed E-state index contributed by atoms with van der Waals surface area (Å²) in [6.45, 7) is 3.02. The second kappa shape index (κ2) is 9.34. The van der Waals surface area contributed by atoms with Crippen molar-refractivity contribution >= 4 is 33.7 Å². The minimum Gasteiger partial charge on any atom is -0.406 e. The lowest BCUT2D eigenvalue weighted by molar-refractivity contribution is -0.274. The predicted octanol–water partition coefficient (Wildman–Crippen LogP) is 5.34. The van der Waals surface area contributed by atoms with Crippen molar-refractivity contribution in [1.82, 2.24) is 19.4 Å². The fourth-order valence-electron chi connectivity index (χ4n) is 4.31. The van der Waals surface area contributed by atoms with Gasteiger partial charge in [-0.2, -0.15) is 0 Å². The molecule has 1 N–H and O–H groups in total. The zero-order valence-electron chi connectivity index (χ0n) is 18.3. The number of para-hydroxylation sites is 1. The van der Waals surface area contributed by atoms with E-state index in [2.05, 4.69) is 14.6 Å². The number of H-pyrrole nitrogens is 1. The first kappa shape index (κ1) is 22.8. The summed E-state index contributed by atoms with van der Waals surface area (Å²) < 4.78 is 43.1. The van der Waals surface area contributed by atoms with E-state index in [1.165, 1.54) is 59.9 Å². The smallest absolute Gasteiger partial charge is 0.406 e. The quantitative estimate of drug-likeness (QED) is 0.293. The Bertz CT molecular complexity index is 1360. The van der Waals surface area contributed by atoms with Gasteiger partial charge in [0.25, 0.3) is 5.56 Å². The number of benzene rings is 2. The zero-order valence-corrected chi connectivity index (χ0v) is 19.1. The normalized spacial score (nSPS) is 15.3.